The first-order chi connectivity index (χ1) is 4.16. The smallest absolute Gasteiger partial charge is 0.234 e. The molecule has 0 atom stereocenters. The zero-order valence-electron chi connectivity index (χ0n) is 4.87. The molecule has 0 aromatic rings. The summed E-state index contributed by atoms with van der Waals surface area (Å²) in [6.07, 6.45) is -1.38. The number of rotatable bonds is 3. The molecule has 0 aromatic carbocycles. The number of carbonyl (C=O) groups excluding carboxylic acids is 1. The summed E-state index contributed by atoms with van der Waals surface area (Å²) in [6.45, 7) is 0. The van der Waals surface area contributed by atoms with Gasteiger partial charge in [-0.05, 0) is 0 Å². The summed E-state index contributed by atoms with van der Waals surface area (Å²) in [5.41, 5.74) is 1.86. The number of nitrogens with one attached hydrogen (secondary N) is 1. The first-order valence-electron chi connectivity index (χ1n) is 2.52. The van der Waals surface area contributed by atoms with E-state index in [-0.39, 0.29) is 12.8 Å². The fourth-order valence-electron chi connectivity index (χ4n) is 0.332. The maximum atomic E-state index is 10.3. The lowest BCUT2D eigenvalue weighted by molar-refractivity contribution is -0.123. The third-order valence-electron chi connectivity index (χ3n) is 0.791. The molecule has 5 N–H and O–H groups in total. The van der Waals surface area contributed by atoms with Crippen molar-refractivity contribution in [3.05, 3.63) is 0 Å². The summed E-state index contributed by atoms with van der Waals surface area (Å²) in [4.78, 5) is 10.3. The minimum atomic E-state index is -1.43. The predicted molar refractivity (Wildman–Crippen MR) is 29.8 cm³/mol. The maximum Gasteiger partial charge on any atom is 0.234 e. The lowest BCUT2D eigenvalue weighted by atomic mass is 10.3. The summed E-state index contributed by atoms with van der Waals surface area (Å²) in [6, 6.07) is 0. The molecule has 0 aliphatic heterocycles. The van der Waals surface area contributed by atoms with Crippen LogP contribution in [0.4, 0.5) is 0 Å². The normalized spacial score (nSPS) is 9.78. The van der Waals surface area contributed by atoms with E-state index < -0.39 is 12.2 Å². The molecule has 0 spiro atoms. The van der Waals surface area contributed by atoms with Crippen LogP contribution in [0.5, 0.6) is 0 Å². The van der Waals surface area contributed by atoms with Gasteiger partial charge in [-0.1, -0.05) is 0 Å². The van der Waals surface area contributed by atoms with E-state index in [1.165, 1.54) is 0 Å². The molecule has 0 aliphatic carbocycles. The average Bonchev–Trinajstić information content (AvgIpc) is 1.83. The first kappa shape index (κ1) is 8.35. The van der Waals surface area contributed by atoms with Crippen molar-refractivity contribution < 1.29 is 15.0 Å². The van der Waals surface area contributed by atoms with Crippen LogP contribution >= 0.6 is 0 Å². The van der Waals surface area contributed by atoms with Gasteiger partial charge < -0.3 is 10.2 Å². The minimum absolute atomic E-state index is 0.0169. The first-order valence-corrected chi connectivity index (χ1v) is 2.52. The quantitative estimate of drug-likeness (QED) is 0.156. The van der Waals surface area contributed by atoms with E-state index in [1.807, 2.05) is 5.43 Å². The Morgan fingerprint density at radius 3 is 2.56 bits per heavy atom. The van der Waals surface area contributed by atoms with Crippen molar-refractivity contribution in [2.75, 3.05) is 0 Å². The maximum absolute atomic E-state index is 10.3. The van der Waals surface area contributed by atoms with Crippen molar-refractivity contribution in [1.29, 1.82) is 0 Å². The van der Waals surface area contributed by atoms with Crippen molar-refractivity contribution in [2.24, 2.45) is 5.84 Å². The summed E-state index contributed by atoms with van der Waals surface area (Å²) >= 11 is 0. The van der Waals surface area contributed by atoms with Crippen LogP contribution in [0.3, 0.4) is 0 Å². The highest BCUT2D eigenvalue weighted by Gasteiger charge is 2.01. The van der Waals surface area contributed by atoms with Gasteiger partial charge in [0.2, 0.25) is 5.91 Å². The van der Waals surface area contributed by atoms with Gasteiger partial charge in [-0.25, -0.2) is 5.84 Å². The lowest BCUT2D eigenvalue weighted by Gasteiger charge is -2.00. The number of aliphatic hydroxyl groups is 2. The van der Waals surface area contributed by atoms with Gasteiger partial charge in [0.05, 0.1) is 0 Å². The molecular formula is C4H10N2O3. The lowest BCUT2D eigenvalue weighted by Crippen LogP contribution is -2.30. The number of aliphatic hydroxyl groups excluding tert-OH is 1. The molecule has 5 nitrogen and oxygen atoms in total. The highest BCUT2D eigenvalue weighted by Crippen LogP contribution is 1.90. The van der Waals surface area contributed by atoms with Gasteiger partial charge in [0, 0.05) is 12.8 Å². The van der Waals surface area contributed by atoms with Crippen molar-refractivity contribution >= 4 is 5.91 Å². The Kier molecular flexibility index (Phi) is 3.94. The van der Waals surface area contributed by atoms with E-state index in [0.29, 0.717) is 0 Å². The zero-order chi connectivity index (χ0) is 7.28. The average molecular weight is 134 g/mol. The number of hydrogen-bond donors (Lipinski definition) is 4. The van der Waals surface area contributed by atoms with E-state index in [0.717, 1.165) is 0 Å². The molecule has 0 radical (unpaired) electrons. The summed E-state index contributed by atoms with van der Waals surface area (Å²) in [5, 5.41) is 16.5. The second-order valence-corrected chi connectivity index (χ2v) is 1.59. The molecule has 0 aliphatic rings. The molecule has 0 rings (SSSR count). The Labute approximate surface area is 52.4 Å². The highest BCUT2D eigenvalue weighted by molar-refractivity contribution is 5.75. The molecule has 0 heterocycles. The van der Waals surface area contributed by atoms with Crippen LogP contribution in [-0.4, -0.2) is 22.4 Å². The van der Waals surface area contributed by atoms with Gasteiger partial charge >= 0.3 is 0 Å². The van der Waals surface area contributed by atoms with Crippen molar-refractivity contribution in [2.45, 2.75) is 19.1 Å². The van der Waals surface area contributed by atoms with Crippen molar-refractivity contribution in [3.63, 3.8) is 0 Å². The highest BCUT2D eigenvalue weighted by atomic mass is 16.5. The van der Waals surface area contributed by atoms with Gasteiger partial charge in [0.15, 0.2) is 6.29 Å². The molecule has 1 amide bonds. The molecule has 0 fully saturated rings. The monoisotopic (exact) mass is 134 g/mol. The minimum Gasteiger partial charge on any atom is -0.368 e. The summed E-state index contributed by atoms with van der Waals surface area (Å²) < 4.78 is 0. The van der Waals surface area contributed by atoms with Crippen LogP contribution in [0, 0.1) is 0 Å². The molecule has 5 heteroatoms. The molecule has 54 valence electrons. The van der Waals surface area contributed by atoms with Gasteiger partial charge in [0.1, 0.15) is 0 Å². The summed E-state index contributed by atoms with van der Waals surface area (Å²) in [5.74, 6) is 4.30. The van der Waals surface area contributed by atoms with Crippen molar-refractivity contribution in [1.82, 2.24) is 5.43 Å². The van der Waals surface area contributed by atoms with Gasteiger partial charge in [-0.2, -0.15) is 0 Å². The zero-order valence-corrected chi connectivity index (χ0v) is 4.87. The molecule has 0 bridgehead atoms. The Balaban J connectivity index is 3.17. The van der Waals surface area contributed by atoms with Crippen LogP contribution in [0.15, 0.2) is 0 Å². The Morgan fingerprint density at radius 2 is 2.22 bits per heavy atom. The van der Waals surface area contributed by atoms with Gasteiger partial charge in [-0.3, -0.25) is 10.2 Å². The van der Waals surface area contributed by atoms with Crippen molar-refractivity contribution in [3.8, 4) is 0 Å². The number of carbonyl (C=O) groups is 1. The molecular weight excluding hydrogens is 124 g/mol. The standard InChI is InChI=1S/C4H10N2O3/c5-6-3(7)1-2-4(8)9/h4,8-9H,1-2,5H2,(H,6,7). The molecule has 0 saturated carbocycles. The Morgan fingerprint density at radius 1 is 1.67 bits per heavy atom. The van der Waals surface area contributed by atoms with E-state index in [9.17, 15) is 4.79 Å². The third-order valence-corrected chi connectivity index (χ3v) is 0.791. The molecule has 0 unspecified atom stereocenters. The predicted octanol–water partition coefficient (Wildman–Crippen LogP) is -1.93. The van der Waals surface area contributed by atoms with Crippen LogP contribution in [0.2, 0.25) is 0 Å². The van der Waals surface area contributed by atoms with Crippen LogP contribution in [-0.2, 0) is 4.79 Å². The largest absolute Gasteiger partial charge is 0.368 e. The second-order valence-electron chi connectivity index (χ2n) is 1.59. The second kappa shape index (κ2) is 4.25. The Hall–Kier alpha value is -0.650. The molecule has 0 aromatic heterocycles. The SMILES string of the molecule is NNC(=O)CCC(O)O. The number of hydrazine groups is 1. The molecule has 0 saturated heterocycles. The van der Waals surface area contributed by atoms with E-state index in [4.69, 9.17) is 16.1 Å². The van der Waals surface area contributed by atoms with E-state index in [1.54, 1.807) is 0 Å². The Bertz CT molecular complexity index is 93.8. The van der Waals surface area contributed by atoms with Crippen LogP contribution in [0.1, 0.15) is 12.8 Å². The van der Waals surface area contributed by atoms with Crippen LogP contribution in [0.25, 0.3) is 0 Å². The molecule has 9 heavy (non-hydrogen) atoms. The third kappa shape index (κ3) is 5.22. The fraction of sp³-hybridized carbons (Fsp3) is 0.750. The summed E-state index contributed by atoms with van der Waals surface area (Å²) in [7, 11) is 0. The van der Waals surface area contributed by atoms with Gasteiger partial charge in [-0.15, -0.1) is 0 Å². The number of nitrogens with two attached hydrogens (primary N) is 1. The number of hydrogen-bond acceptors (Lipinski definition) is 4. The number of amides is 1. The van der Waals surface area contributed by atoms with Crippen LogP contribution < -0.4 is 11.3 Å². The topological polar surface area (TPSA) is 95.6 Å². The fourth-order valence-corrected chi connectivity index (χ4v) is 0.332. The van der Waals surface area contributed by atoms with Gasteiger partial charge in [0.25, 0.3) is 0 Å². The van der Waals surface area contributed by atoms with E-state index in [2.05, 4.69) is 0 Å². The van der Waals surface area contributed by atoms with E-state index >= 15 is 0 Å².